The molecule has 2 aromatic rings. The maximum absolute atomic E-state index is 12.4. The minimum absolute atomic E-state index is 0.163. The number of anilines is 1. The van der Waals surface area contributed by atoms with E-state index < -0.39 is 16.0 Å². The van der Waals surface area contributed by atoms with Crippen molar-refractivity contribution in [2.45, 2.75) is 18.2 Å². The lowest BCUT2D eigenvalue weighted by atomic mass is 10.2. The van der Waals surface area contributed by atoms with Crippen molar-refractivity contribution in [3.63, 3.8) is 0 Å². The van der Waals surface area contributed by atoms with Gasteiger partial charge < -0.3 is 14.6 Å². The van der Waals surface area contributed by atoms with Crippen molar-refractivity contribution in [1.29, 1.82) is 0 Å². The average Bonchev–Trinajstić information content (AvgIpc) is 2.54. The molecule has 0 aliphatic carbocycles. The van der Waals surface area contributed by atoms with Gasteiger partial charge in [0.2, 0.25) is 0 Å². The van der Waals surface area contributed by atoms with Gasteiger partial charge in [0, 0.05) is 0 Å². The van der Waals surface area contributed by atoms with E-state index >= 15 is 0 Å². The fourth-order valence-electron chi connectivity index (χ4n) is 1.88. The lowest BCUT2D eigenvalue weighted by Crippen LogP contribution is -2.23. The second kappa shape index (κ2) is 7.15. The number of ether oxygens (including phenoxy) is 1. The summed E-state index contributed by atoms with van der Waals surface area (Å²) < 4.78 is 32.8. The van der Waals surface area contributed by atoms with Crippen LogP contribution in [0, 0.1) is 0 Å². The molecule has 122 valence electrons. The van der Waals surface area contributed by atoms with Crippen molar-refractivity contribution in [2.75, 3.05) is 11.3 Å². The first-order chi connectivity index (χ1) is 10.9. The van der Waals surface area contributed by atoms with E-state index in [4.69, 9.17) is 4.74 Å². The summed E-state index contributed by atoms with van der Waals surface area (Å²) in [6, 6.07) is 11.6. The molecule has 0 radical (unpaired) electrons. The zero-order chi connectivity index (χ0) is 16.9. The topological polar surface area (TPSA) is 95.5 Å². The normalized spacial score (nSPS) is 11.0. The average molecular weight is 334 g/mol. The van der Waals surface area contributed by atoms with Gasteiger partial charge in [-0.2, -0.15) is 0 Å². The molecule has 1 N–H and O–H groups in total. The third-order valence-corrected chi connectivity index (χ3v) is 4.34. The van der Waals surface area contributed by atoms with Gasteiger partial charge in [-0.25, -0.2) is 8.42 Å². The Kier molecular flexibility index (Phi) is 5.23. The number of hydrogen-bond donors (Lipinski definition) is 1. The maximum Gasteiger partial charge on any atom is 0.262 e. The molecule has 0 spiro atoms. The van der Waals surface area contributed by atoms with Gasteiger partial charge in [-0.1, -0.05) is 31.2 Å². The predicted molar refractivity (Wildman–Crippen MR) is 83.8 cm³/mol. The number of carbonyl (C=O) groups excluding carboxylic acids is 1. The van der Waals surface area contributed by atoms with Gasteiger partial charge in [-0.15, -0.1) is 0 Å². The maximum atomic E-state index is 12.4. The second-order valence-corrected chi connectivity index (χ2v) is 6.45. The van der Waals surface area contributed by atoms with Crippen LogP contribution in [0.4, 0.5) is 5.69 Å². The van der Waals surface area contributed by atoms with Crippen molar-refractivity contribution in [1.82, 2.24) is 0 Å². The van der Waals surface area contributed by atoms with E-state index in [1.807, 2.05) is 6.92 Å². The number of para-hydroxylation sites is 2. The van der Waals surface area contributed by atoms with Gasteiger partial charge in [0.15, 0.2) is 0 Å². The molecular weight excluding hydrogens is 318 g/mol. The first-order valence-corrected chi connectivity index (χ1v) is 8.48. The summed E-state index contributed by atoms with van der Waals surface area (Å²) in [5.41, 5.74) is 0.0863. The van der Waals surface area contributed by atoms with Crippen LogP contribution in [-0.2, 0) is 10.0 Å². The highest BCUT2D eigenvalue weighted by Crippen LogP contribution is 2.26. The quantitative estimate of drug-likeness (QED) is 0.830. The Morgan fingerprint density at radius 3 is 2.61 bits per heavy atom. The molecule has 2 aromatic carbocycles. The molecule has 0 aromatic heterocycles. The van der Waals surface area contributed by atoms with Crippen LogP contribution in [0.5, 0.6) is 5.75 Å². The Hall–Kier alpha value is -2.54. The number of nitrogens with one attached hydrogen (secondary N) is 1. The Bertz CT molecular complexity index is 802. The van der Waals surface area contributed by atoms with Crippen LogP contribution in [-0.4, -0.2) is 21.0 Å². The molecule has 0 aliphatic rings. The third-order valence-electron chi connectivity index (χ3n) is 2.97. The van der Waals surface area contributed by atoms with Gasteiger partial charge in [0.1, 0.15) is 5.75 Å². The Morgan fingerprint density at radius 2 is 1.91 bits per heavy atom. The van der Waals surface area contributed by atoms with Crippen molar-refractivity contribution < 1.29 is 23.1 Å². The zero-order valence-electron chi connectivity index (χ0n) is 12.5. The zero-order valence-corrected chi connectivity index (χ0v) is 13.3. The summed E-state index contributed by atoms with van der Waals surface area (Å²) in [6.45, 7) is 2.40. The van der Waals surface area contributed by atoms with Crippen LogP contribution >= 0.6 is 0 Å². The number of carboxylic acids is 1. The van der Waals surface area contributed by atoms with Crippen LogP contribution < -0.4 is 14.6 Å². The van der Waals surface area contributed by atoms with Gasteiger partial charge in [-0.05, 0) is 36.2 Å². The van der Waals surface area contributed by atoms with Crippen LogP contribution in [0.2, 0.25) is 0 Å². The fraction of sp³-hybridized carbons (Fsp3) is 0.188. The van der Waals surface area contributed by atoms with Crippen molar-refractivity contribution in [3.8, 4) is 5.75 Å². The molecule has 7 heteroatoms. The monoisotopic (exact) mass is 334 g/mol. The Labute approximate surface area is 134 Å². The summed E-state index contributed by atoms with van der Waals surface area (Å²) >= 11 is 0. The van der Waals surface area contributed by atoms with Gasteiger partial charge in [0.25, 0.3) is 10.0 Å². The minimum atomic E-state index is -3.94. The van der Waals surface area contributed by atoms with E-state index in [0.29, 0.717) is 18.0 Å². The number of sulfonamides is 1. The minimum Gasteiger partial charge on any atom is -0.545 e. The molecule has 0 aliphatic heterocycles. The number of benzene rings is 2. The molecule has 0 bridgehead atoms. The number of aromatic carboxylic acids is 1. The Morgan fingerprint density at radius 1 is 1.17 bits per heavy atom. The molecule has 2 rings (SSSR count). The largest absolute Gasteiger partial charge is 0.545 e. The number of carboxylic acid groups (broad SMARTS) is 1. The first kappa shape index (κ1) is 16.8. The molecule has 6 nitrogen and oxygen atoms in total. The van der Waals surface area contributed by atoms with Crippen molar-refractivity contribution >= 4 is 21.7 Å². The highest BCUT2D eigenvalue weighted by Gasteiger charge is 2.17. The molecule has 0 heterocycles. The summed E-state index contributed by atoms with van der Waals surface area (Å²) in [4.78, 5) is 10.7. The SMILES string of the molecule is CCCOc1ccccc1NS(=O)(=O)c1cccc(C(=O)[O-])c1. The van der Waals surface area contributed by atoms with E-state index in [1.54, 1.807) is 24.3 Å². The van der Waals surface area contributed by atoms with E-state index in [0.717, 1.165) is 12.5 Å². The number of hydrogen-bond acceptors (Lipinski definition) is 5. The number of rotatable bonds is 7. The van der Waals surface area contributed by atoms with Crippen molar-refractivity contribution in [2.24, 2.45) is 0 Å². The summed E-state index contributed by atoms with van der Waals surface area (Å²) in [7, 11) is -3.94. The molecule has 0 amide bonds. The molecule has 0 atom stereocenters. The van der Waals surface area contributed by atoms with Gasteiger partial charge >= 0.3 is 0 Å². The third kappa shape index (κ3) is 4.23. The van der Waals surface area contributed by atoms with Gasteiger partial charge in [-0.3, -0.25) is 4.72 Å². The number of carbonyl (C=O) groups is 1. The van der Waals surface area contributed by atoms with E-state index in [2.05, 4.69) is 4.72 Å². The summed E-state index contributed by atoms with van der Waals surface area (Å²) in [6.07, 6.45) is 0.786. The van der Waals surface area contributed by atoms with Crippen molar-refractivity contribution in [3.05, 3.63) is 54.1 Å². The predicted octanol–water partition coefficient (Wildman–Crippen LogP) is 1.64. The second-order valence-electron chi connectivity index (χ2n) is 4.77. The molecule has 0 fully saturated rings. The van der Waals surface area contributed by atoms with E-state index in [1.165, 1.54) is 18.2 Å². The fourth-order valence-corrected chi connectivity index (χ4v) is 3.00. The highest BCUT2D eigenvalue weighted by atomic mass is 32.2. The van der Waals surface area contributed by atoms with Crippen LogP contribution in [0.25, 0.3) is 0 Å². The molecule has 0 unspecified atom stereocenters. The lowest BCUT2D eigenvalue weighted by Gasteiger charge is -2.14. The Balaban J connectivity index is 2.32. The summed E-state index contributed by atoms with van der Waals surface area (Å²) in [5.74, 6) is -1.03. The van der Waals surface area contributed by atoms with E-state index in [9.17, 15) is 18.3 Å². The van der Waals surface area contributed by atoms with Crippen LogP contribution in [0.15, 0.2) is 53.4 Å². The lowest BCUT2D eigenvalue weighted by molar-refractivity contribution is -0.255. The molecule has 0 saturated carbocycles. The smallest absolute Gasteiger partial charge is 0.262 e. The highest BCUT2D eigenvalue weighted by molar-refractivity contribution is 7.92. The van der Waals surface area contributed by atoms with Crippen LogP contribution in [0.3, 0.4) is 0 Å². The molecular formula is C16H16NO5S-. The standard InChI is InChI=1S/C16H17NO5S/c1-2-10-22-15-9-4-3-8-14(15)17-23(20,21)13-7-5-6-12(11-13)16(18)19/h3-9,11,17H,2,10H2,1H3,(H,18,19)/p-1. The first-order valence-electron chi connectivity index (χ1n) is 7.00. The molecule has 23 heavy (non-hydrogen) atoms. The van der Waals surface area contributed by atoms with Crippen LogP contribution in [0.1, 0.15) is 23.7 Å². The molecule has 0 saturated heterocycles. The summed E-state index contributed by atoms with van der Waals surface area (Å²) in [5, 5.41) is 10.9. The van der Waals surface area contributed by atoms with Gasteiger partial charge in [0.05, 0.1) is 23.2 Å². The van der Waals surface area contributed by atoms with E-state index in [-0.39, 0.29) is 10.5 Å².